The van der Waals surface area contributed by atoms with Gasteiger partial charge >= 0.3 is 0 Å². The van der Waals surface area contributed by atoms with Crippen LogP contribution in [-0.2, 0) is 11.4 Å². The van der Waals surface area contributed by atoms with Gasteiger partial charge in [0, 0.05) is 0 Å². The average Bonchev–Trinajstić information content (AvgIpc) is 2.85. The number of thiol groups is 1. The molecule has 1 aliphatic heterocycles. The minimum Gasteiger partial charge on any atom is -0.489 e. The van der Waals surface area contributed by atoms with Gasteiger partial charge in [0.1, 0.15) is 17.1 Å². The standard InChI is InChI=1S/C17H15NO2S2/c19-16-15(22-17(21)18-16)10-12-6-8-14(9-7-12)20-11-13-4-2-1-3-5-13/h1-10,17,21H,11H2,(H,18,19)/b15-10-. The first-order valence-corrected chi connectivity index (χ1v) is 8.24. The van der Waals surface area contributed by atoms with Gasteiger partial charge in [-0.05, 0) is 29.3 Å². The van der Waals surface area contributed by atoms with Crippen LogP contribution in [0.25, 0.3) is 6.08 Å². The Morgan fingerprint density at radius 1 is 1.14 bits per heavy atom. The van der Waals surface area contributed by atoms with E-state index in [0.29, 0.717) is 11.5 Å². The molecular formula is C17H15NO2S2. The van der Waals surface area contributed by atoms with Crippen molar-refractivity contribution >= 4 is 36.4 Å². The fourth-order valence-corrected chi connectivity index (χ4v) is 3.27. The topological polar surface area (TPSA) is 38.3 Å². The van der Waals surface area contributed by atoms with Crippen LogP contribution in [0.3, 0.4) is 0 Å². The lowest BCUT2D eigenvalue weighted by molar-refractivity contribution is -0.116. The first-order valence-electron chi connectivity index (χ1n) is 6.85. The molecule has 0 bridgehead atoms. The van der Waals surface area contributed by atoms with Gasteiger partial charge in [-0.2, -0.15) is 0 Å². The van der Waals surface area contributed by atoms with Crippen LogP contribution in [0.15, 0.2) is 59.5 Å². The molecule has 0 radical (unpaired) electrons. The van der Waals surface area contributed by atoms with Crippen molar-refractivity contribution in [3.05, 3.63) is 70.6 Å². The highest BCUT2D eigenvalue weighted by Gasteiger charge is 2.23. The van der Waals surface area contributed by atoms with E-state index in [1.54, 1.807) is 0 Å². The molecule has 0 saturated carbocycles. The molecule has 2 aromatic carbocycles. The molecule has 5 heteroatoms. The van der Waals surface area contributed by atoms with Crippen molar-refractivity contribution < 1.29 is 9.53 Å². The molecule has 3 rings (SSSR count). The first-order chi connectivity index (χ1) is 10.7. The van der Waals surface area contributed by atoms with Gasteiger partial charge in [0.15, 0.2) is 0 Å². The third-order valence-electron chi connectivity index (χ3n) is 3.14. The van der Waals surface area contributed by atoms with Crippen molar-refractivity contribution in [2.45, 2.75) is 11.3 Å². The van der Waals surface area contributed by atoms with Gasteiger partial charge < -0.3 is 10.1 Å². The van der Waals surface area contributed by atoms with Crippen LogP contribution < -0.4 is 10.1 Å². The van der Waals surface area contributed by atoms with E-state index >= 15 is 0 Å². The highest BCUT2D eigenvalue weighted by molar-refractivity contribution is 8.14. The van der Waals surface area contributed by atoms with Crippen molar-refractivity contribution in [1.29, 1.82) is 0 Å². The van der Waals surface area contributed by atoms with Crippen molar-refractivity contribution in [1.82, 2.24) is 5.32 Å². The molecule has 22 heavy (non-hydrogen) atoms. The summed E-state index contributed by atoms with van der Waals surface area (Å²) in [6, 6.07) is 17.7. The van der Waals surface area contributed by atoms with Crippen LogP contribution >= 0.6 is 24.4 Å². The summed E-state index contributed by atoms with van der Waals surface area (Å²) in [5.74, 6) is 0.732. The minimum atomic E-state index is -0.160. The predicted molar refractivity (Wildman–Crippen MR) is 93.7 cm³/mol. The van der Waals surface area contributed by atoms with E-state index < -0.39 is 0 Å². The zero-order chi connectivity index (χ0) is 15.4. The van der Waals surface area contributed by atoms with E-state index in [-0.39, 0.29) is 10.6 Å². The van der Waals surface area contributed by atoms with Gasteiger partial charge in [0.2, 0.25) is 0 Å². The maximum Gasteiger partial charge on any atom is 0.259 e. The van der Waals surface area contributed by atoms with E-state index in [1.165, 1.54) is 11.8 Å². The lowest BCUT2D eigenvalue weighted by Gasteiger charge is -2.06. The zero-order valence-electron chi connectivity index (χ0n) is 11.7. The Balaban J connectivity index is 1.63. The molecule has 0 aliphatic carbocycles. The third-order valence-corrected chi connectivity index (χ3v) is 4.49. The summed E-state index contributed by atoms with van der Waals surface area (Å²) in [6.07, 6.45) is 1.86. The Bertz CT molecular complexity index is 684. The number of ether oxygens (including phenoxy) is 1. The van der Waals surface area contributed by atoms with Crippen LogP contribution in [0.5, 0.6) is 5.75 Å². The maximum atomic E-state index is 11.6. The van der Waals surface area contributed by atoms with Crippen LogP contribution in [0.2, 0.25) is 0 Å². The smallest absolute Gasteiger partial charge is 0.259 e. The molecule has 0 aromatic heterocycles. The van der Waals surface area contributed by atoms with Crippen molar-refractivity contribution in [3.8, 4) is 5.75 Å². The number of carbonyl (C=O) groups is 1. The SMILES string of the molecule is O=C1NC(S)S/C1=C\c1ccc(OCc2ccccc2)cc1. The maximum absolute atomic E-state index is 11.6. The van der Waals surface area contributed by atoms with E-state index in [0.717, 1.165) is 16.9 Å². The largest absolute Gasteiger partial charge is 0.489 e. The minimum absolute atomic E-state index is 0.0746. The fraction of sp³-hybridized carbons (Fsp3) is 0.118. The Morgan fingerprint density at radius 3 is 2.50 bits per heavy atom. The van der Waals surface area contributed by atoms with Crippen LogP contribution in [0.1, 0.15) is 11.1 Å². The molecule has 1 aliphatic rings. The van der Waals surface area contributed by atoms with Crippen LogP contribution in [-0.4, -0.2) is 10.6 Å². The third kappa shape index (κ3) is 3.87. The van der Waals surface area contributed by atoms with Gasteiger partial charge in [-0.15, -0.1) is 12.6 Å². The van der Waals surface area contributed by atoms with Crippen LogP contribution in [0, 0.1) is 0 Å². The van der Waals surface area contributed by atoms with Gasteiger partial charge in [-0.25, -0.2) is 0 Å². The molecule has 1 heterocycles. The number of thioether (sulfide) groups is 1. The van der Waals surface area contributed by atoms with Crippen molar-refractivity contribution in [3.63, 3.8) is 0 Å². The van der Waals surface area contributed by atoms with Gasteiger partial charge in [-0.1, -0.05) is 54.2 Å². The average molecular weight is 329 g/mol. The van der Waals surface area contributed by atoms with Crippen molar-refractivity contribution in [2.24, 2.45) is 0 Å². The molecule has 3 nitrogen and oxygen atoms in total. The summed E-state index contributed by atoms with van der Waals surface area (Å²) >= 11 is 5.64. The van der Waals surface area contributed by atoms with Crippen molar-refractivity contribution in [2.75, 3.05) is 0 Å². The second-order valence-electron chi connectivity index (χ2n) is 4.80. The predicted octanol–water partition coefficient (Wildman–Crippen LogP) is 3.68. The Morgan fingerprint density at radius 2 is 1.86 bits per heavy atom. The Labute approximate surface area is 139 Å². The van der Waals surface area contributed by atoms with E-state index in [1.807, 2.05) is 60.7 Å². The molecule has 1 saturated heterocycles. The van der Waals surface area contributed by atoms with E-state index in [9.17, 15) is 4.79 Å². The number of carbonyl (C=O) groups excluding carboxylic acids is 1. The molecule has 2 aromatic rings. The summed E-state index contributed by atoms with van der Waals surface area (Å²) in [5, 5.41) is 2.73. The molecule has 0 spiro atoms. The number of hydrogen-bond donors (Lipinski definition) is 2. The van der Waals surface area contributed by atoms with Gasteiger partial charge in [0.25, 0.3) is 5.91 Å². The number of nitrogens with one attached hydrogen (secondary N) is 1. The molecule has 112 valence electrons. The van der Waals surface area contributed by atoms with Gasteiger partial charge in [0.05, 0.1) is 4.91 Å². The summed E-state index contributed by atoms with van der Waals surface area (Å²) in [6.45, 7) is 0.543. The lowest BCUT2D eigenvalue weighted by Crippen LogP contribution is -2.19. The number of hydrogen-bond acceptors (Lipinski definition) is 4. The zero-order valence-corrected chi connectivity index (χ0v) is 13.4. The van der Waals surface area contributed by atoms with E-state index in [2.05, 4.69) is 17.9 Å². The highest BCUT2D eigenvalue weighted by atomic mass is 32.2. The summed E-state index contributed by atoms with van der Waals surface area (Å²) in [5.41, 5.74) is 2.10. The first kappa shape index (κ1) is 15.1. The lowest BCUT2D eigenvalue weighted by atomic mass is 10.2. The van der Waals surface area contributed by atoms with Gasteiger partial charge in [-0.3, -0.25) is 4.79 Å². The molecule has 1 unspecified atom stereocenters. The number of benzene rings is 2. The Hall–Kier alpha value is -1.85. The number of rotatable bonds is 4. The Kier molecular flexibility index (Phi) is 4.75. The molecular weight excluding hydrogens is 314 g/mol. The molecule has 1 N–H and O–H groups in total. The monoisotopic (exact) mass is 329 g/mol. The van der Waals surface area contributed by atoms with Crippen LogP contribution in [0.4, 0.5) is 0 Å². The summed E-state index contributed by atoms with van der Waals surface area (Å²) < 4.78 is 5.58. The summed E-state index contributed by atoms with van der Waals surface area (Å²) in [7, 11) is 0. The molecule has 1 fully saturated rings. The second-order valence-corrected chi connectivity index (χ2v) is 6.81. The fourth-order valence-electron chi connectivity index (χ4n) is 2.04. The number of amides is 1. The molecule has 1 atom stereocenters. The van der Waals surface area contributed by atoms with E-state index in [4.69, 9.17) is 4.74 Å². The normalized spacial score (nSPS) is 19.2. The highest BCUT2D eigenvalue weighted by Crippen LogP contribution is 2.31. The second kappa shape index (κ2) is 6.94. The molecule has 1 amide bonds. The quantitative estimate of drug-likeness (QED) is 0.664. The summed E-state index contributed by atoms with van der Waals surface area (Å²) in [4.78, 5) is 12.3.